The molecular formula is C14H19N3O2S2. The number of aromatic nitrogens is 1. The molecule has 0 aliphatic carbocycles. The molecule has 2 aromatic rings. The van der Waals surface area contributed by atoms with Crippen molar-refractivity contribution in [3.8, 4) is 0 Å². The fourth-order valence-corrected chi connectivity index (χ4v) is 4.16. The maximum atomic E-state index is 12.3. The van der Waals surface area contributed by atoms with E-state index in [4.69, 9.17) is 0 Å². The van der Waals surface area contributed by atoms with Crippen molar-refractivity contribution in [2.24, 2.45) is 0 Å². The Morgan fingerprint density at radius 1 is 1.24 bits per heavy atom. The van der Waals surface area contributed by atoms with Gasteiger partial charge >= 0.3 is 0 Å². The van der Waals surface area contributed by atoms with Gasteiger partial charge in [-0.05, 0) is 50.7 Å². The summed E-state index contributed by atoms with van der Waals surface area (Å²) >= 11 is 1.30. The lowest BCUT2D eigenvalue weighted by molar-refractivity contribution is 0.603. The Labute approximate surface area is 129 Å². The molecule has 0 saturated carbocycles. The molecule has 0 fully saturated rings. The second-order valence-corrected chi connectivity index (χ2v) is 7.70. The van der Waals surface area contributed by atoms with Crippen LogP contribution >= 0.6 is 11.3 Å². The number of nitrogens with one attached hydrogen (secondary N) is 2. The van der Waals surface area contributed by atoms with Crippen LogP contribution in [0.1, 0.15) is 17.5 Å². The normalized spacial score (nSPS) is 11.5. The maximum absolute atomic E-state index is 12.3. The smallest absolute Gasteiger partial charge is 0.271 e. The molecule has 5 nitrogen and oxygen atoms in total. The highest BCUT2D eigenvalue weighted by Gasteiger charge is 2.17. The van der Waals surface area contributed by atoms with E-state index in [-0.39, 0.29) is 0 Å². The third-order valence-electron chi connectivity index (χ3n) is 2.86. The molecule has 0 unspecified atom stereocenters. The fourth-order valence-electron chi connectivity index (χ4n) is 1.76. The number of thiophene rings is 1. The van der Waals surface area contributed by atoms with Crippen LogP contribution in [-0.4, -0.2) is 26.5 Å². The summed E-state index contributed by atoms with van der Waals surface area (Å²) in [5.41, 5.74) is 1.32. The molecule has 21 heavy (non-hydrogen) atoms. The van der Waals surface area contributed by atoms with Gasteiger partial charge in [0, 0.05) is 10.6 Å². The predicted molar refractivity (Wildman–Crippen MR) is 86.3 cm³/mol. The SMILES string of the molecule is CCNCCc1ccc(S(=O)(=O)Nc2ccc(C)nc2)s1. The van der Waals surface area contributed by atoms with Gasteiger partial charge in [0.15, 0.2) is 0 Å². The minimum absolute atomic E-state index is 0.328. The van der Waals surface area contributed by atoms with Crippen molar-refractivity contribution in [3.63, 3.8) is 0 Å². The Morgan fingerprint density at radius 2 is 2.05 bits per heavy atom. The van der Waals surface area contributed by atoms with Crippen LogP contribution in [0.2, 0.25) is 0 Å². The van der Waals surface area contributed by atoms with Gasteiger partial charge in [-0.15, -0.1) is 11.3 Å². The van der Waals surface area contributed by atoms with Gasteiger partial charge in [0.25, 0.3) is 10.0 Å². The second kappa shape index (κ2) is 7.02. The van der Waals surface area contributed by atoms with Gasteiger partial charge in [-0.2, -0.15) is 0 Å². The monoisotopic (exact) mass is 325 g/mol. The molecule has 0 aromatic carbocycles. The lowest BCUT2D eigenvalue weighted by Gasteiger charge is -2.05. The van der Waals surface area contributed by atoms with E-state index < -0.39 is 10.0 Å². The van der Waals surface area contributed by atoms with Crippen molar-refractivity contribution in [2.45, 2.75) is 24.5 Å². The van der Waals surface area contributed by atoms with Crippen molar-refractivity contribution in [1.82, 2.24) is 10.3 Å². The van der Waals surface area contributed by atoms with Crippen LogP contribution in [0.4, 0.5) is 5.69 Å². The third-order valence-corrected chi connectivity index (χ3v) is 5.88. The minimum Gasteiger partial charge on any atom is -0.317 e. The zero-order valence-electron chi connectivity index (χ0n) is 12.1. The highest BCUT2D eigenvalue weighted by atomic mass is 32.2. The van der Waals surface area contributed by atoms with E-state index in [9.17, 15) is 8.42 Å². The van der Waals surface area contributed by atoms with E-state index in [0.29, 0.717) is 9.90 Å². The van der Waals surface area contributed by atoms with Crippen LogP contribution in [0, 0.1) is 6.92 Å². The second-order valence-electron chi connectivity index (χ2n) is 4.62. The topological polar surface area (TPSA) is 71.1 Å². The average molecular weight is 325 g/mol. The molecule has 0 saturated heterocycles. The van der Waals surface area contributed by atoms with Gasteiger partial charge in [-0.25, -0.2) is 8.42 Å². The number of sulfonamides is 1. The first kappa shape index (κ1) is 15.9. The number of pyridine rings is 1. The van der Waals surface area contributed by atoms with E-state index >= 15 is 0 Å². The third kappa shape index (κ3) is 4.52. The van der Waals surface area contributed by atoms with Gasteiger partial charge in [0.1, 0.15) is 4.21 Å². The van der Waals surface area contributed by atoms with Crippen LogP contribution < -0.4 is 10.0 Å². The maximum Gasteiger partial charge on any atom is 0.271 e. The standard InChI is InChI=1S/C14H19N3O2S2/c1-3-15-9-8-13-6-7-14(20-13)21(18,19)17-12-5-4-11(2)16-10-12/h4-7,10,15,17H,3,8-9H2,1-2H3. The summed E-state index contributed by atoms with van der Waals surface area (Å²) in [6, 6.07) is 6.99. The predicted octanol–water partition coefficient (Wildman–Crippen LogP) is 2.40. The number of anilines is 1. The van der Waals surface area contributed by atoms with Crippen LogP contribution in [0.5, 0.6) is 0 Å². The molecule has 0 atom stereocenters. The Hall–Kier alpha value is -1.44. The van der Waals surface area contributed by atoms with Crippen molar-refractivity contribution in [3.05, 3.63) is 41.0 Å². The van der Waals surface area contributed by atoms with Gasteiger partial charge in [-0.3, -0.25) is 9.71 Å². The number of likely N-dealkylation sites (N-methyl/N-ethyl adjacent to an activating group) is 1. The number of hydrogen-bond donors (Lipinski definition) is 2. The number of aryl methyl sites for hydroxylation is 1. The van der Waals surface area contributed by atoms with E-state index in [1.807, 2.05) is 19.9 Å². The molecule has 2 N–H and O–H groups in total. The van der Waals surface area contributed by atoms with Crippen molar-refractivity contribution >= 4 is 27.0 Å². The molecular weight excluding hydrogens is 306 g/mol. The quantitative estimate of drug-likeness (QED) is 0.767. The zero-order chi connectivity index (χ0) is 15.3. The number of rotatable bonds is 7. The van der Waals surface area contributed by atoms with Crippen LogP contribution in [0.25, 0.3) is 0 Å². The zero-order valence-corrected chi connectivity index (χ0v) is 13.7. The summed E-state index contributed by atoms with van der Waals surface area (Å²) in [6.45, 7) is 5.67. The van der Waals surface area contributed by atoms with Gasteiger partial charge < -0.3 is 5.32 Å². The summed E-state index contributed by atoms with van der Waals surface area (Å²) in [5.74, 6) is 0. The molecule has 0 amide bonds. The number of hydrogen-bond acceptors (Lipinski definition) is 5. The van der Waals surface area contributed by atoms with Crippen molar-refractivity contribution in [2.75, 3.05) is 17.8 Å². The molecule has 0 aliphatic rings. The highest BCUT2D eigenvalue weighted by Crippen LogP contribution is 2.24. The van der Waals surface area contributed by atoms with Gasteiger partial charge in [0.2, 0.25) is 0 Å². The van der Waals surface area contributed by atoms with E-state index in [1.165, 1.54) is 17.5 Å². The first-order valence-corrected chi connectivity index (χ1v) is 9.06. The molecule has 2 rings (SSSR count). The van der Waals surface area contributed by atoms with E-state index in [0.717, 1.165) is 30.1 Å². The van der Waals surface area contributed by atoms with Crippen LogP contribution in [0.3, 0.4) is 0 Å². The Balaban J connectivity index is 2.07. The molecule has 2 aromatic heterocycles. The summed E-state index contributed by atoms with van der Waals surface area (Å²) in [7, 11) is -3.53. The lowest BCUT2D eigenvalue weighted by Crippen LogP contribution is -2.15. The Morgan fingerprint density at radius 3 is 2.71 bits per heavy atom. The lowest BCUT2D eigenvalue weighted by atomic mass is 10.3. The first-order valence-electron chi connectivity index (χ1n) is 6.76. The molecule has 114 valence electrons. The molecule has 0 radical (unpaired) electrons. The van der Waals surface area contributed by atoms with Gasteiger partial charge in [0.05, 0.1) is 11.9 Å². The van der Waals surface area contributed by atoms with Crippen molar-refractivity contribution in [1.29, 1.82) is 0 Å². The molecule has 0 spiro atoms. The molecule has 2 heterocycles. The molecule has 7 heteroatoms. The van der Waals surface area contributed by atoms with Gasteiger partial charge in [-0.1, -0.05) is 6.92 Å². The summed E-state index contributed by atoms with van der Waals surface area (Å²) in [5, 5.41) is 3.22. The van der Waals surface area contributed by atoms with E-state index in [2.05, 4.69) is 15.0 Å². The molecule has 0 bridgehead atoms. The Bertz CT molecular complexity index is 678. The largest absolute Gasteiger partial charge is 0.317 e. The summed E-state index contributed by atoms with van der Waals surface area (Å²) in [6.07, 6.45) is 2.35. The summed E-state index contributed by atoms with van der Waals surface area (Å²) in [4.78, 5) is 5.13. The first-order chi connectivity index (χ1) is 10.0. The fraction of sp³-hybridized carbons (Fsp3) is 0.357. The minimum atomic E-state index is -3.53. The van der Waals surface area contributed by atoms with E-state index in [1.54, 1.807) is 18.2 Å². The van der Waals surface area contributed by atoms with Crippen molar-refractivity contribution < 1.29 is 8.42 Å². The number of nitrogens with zero attached hydrogens (tertiary/aromatic N) is 1. The van der Waals surface area contributed by atoms with Crippen LogP contribution in [0.15, 0.2) is 34.7 Å². The highest BCUT2D eigenvalue weighted by molar-refractivity contribution is 7.94. The average Bonchev–Trinajstić information content (AvgIpc) is 2.91. The summed E-state index contributed by atoms with van der Waals surface area (Å²) < 4.78 is 27.4. The Kier molecular flexibility index (Phi) is 5.33. The van der Waals surface area contributed by atoms with Crippen LogP contribution in [-0.2, 0) is 16.4 Å². The molecule has 0 aliphatic heterocycles.